The normalized spacial score (nSPS) is 25.2. The van der Waals surface area contributed by atoms with E-state index in [0.29, 0.717) is 6.54 Å². The first-order valence-corrected chi connectivity index (χ1v) is 11.5. The van der Waals surface area contributed by atoms with Crippen molar-refractivity contribution < 1.29 is 9.53 Å². The molecule has 0 aliphatic heterocycles. The summed E-state index contributed by atoms with van der Waals surface area (Å²) in [5, 5.41) is 0. The standard InChI is InChI=1S/C26H30BrNO2/c1-24(2,3)30-23(29)28(19-20-7-5-4-6-8-20)26-16-13-25(14-17-26,15-18-26)21-9-11-22(27)12-10-21/h4-13,16H,14-15,17-19H2,1-3H3. The second-order valence-electron chi connectivity index (χ2n) is 9.65. The van der Waals surface area contributed by atoms with Gasteiger partial charge in [-0.2, -0.15) is 0 Å². The van der Waals surface area contributed by atoms with Crippen LogP contribution in [0.4, 0.5) is 4.79 Å². The molecule has 3 aliphatic carbocycles. The molecule has 1 amide bonds. The zero-order valence-corrected chi connectivity index (χ0v) is 19.6. The fourth-order valence-electron chi connectivity index (χ4n) is 4.79. The number of benzene rings is 2. The van der Waals surface area contributed by atoms with Crippen LogP contribution in [-0.4, -0.2) is 22.1 Å². The van der Waals surface area contributed by atoms with Crippen LogP contribution in [0.15, 0.2) is 71.2 Å². The number of amides is 1. The topological polar surface area (TPSA) is 29.5 Å². The molecule has 1 saturated carbocycles. The van der Waals surface area contributed by atoms with Crippen molar-refractivity contribution in [2.45, 2.75) is 69.6 Å². The zero-order chi connectivity index (χ0) is 21.4. The highest BCUT2D eigenvalue weighted by Gasteiger charge is 2.50. The number of rotatable bonds is 4. The highest BCUT2D eigenvalue weighted by molar-refractivity contribution is 9.10. The Bertz CT molecular complexity index is 920. The van der Waals surface area contributed by atoms with E-state index < -0.39 is 5.60 Å². The molecule has 0 unspecified atom stereocenters. The highest BCUT2D eigenvalue weighted by atomic mass is 79.9. The number of allylic oxidation sites excluding steroid dienone is 1. The molecule has 0 saturated heterocycles. The van der Waals surface area contributed by atoms with Crippen LogP contribution < -0.4 is 0 Å². The van der Waals surface area contributed by atoms with Crippen molar-refractivity contribution in [1.29, 1.82) is 0 Å². The molecular weight excluding hydrogens is 438 g/mol. The molecule has 3 aliphatic rings. The van der Waals surface area contributed by atoms with Gasteiger partial charge in [0.1, 0.15) is 5.60 Å². The number of carbonyl (C=O) groups excluding carboxylic acids is 1. The van der Waals surface area contributed by atoms with E-state index in [1.165, 1.54) is 5.56 Å². The van der Waals surface area contributed by atoms with Crippen LogP contribution in [0.3, 0.4) is 0 Å². The molecule has 0 atom stereocenters. The van der Waals surface area contributed by atoms with Crippen LogP contribution in [0.2, 0.25) is 0 Å². The van der Waals surface area contributed by atoms with Crippen LogP contribution >= 0.6 is 15.9 Å². The average molecular weight is 468 g/mol. The molecule has 1 fully saturated rings. The lowest BCUT2D eigenvalue weighted by Crippen LogP contribution is -2.57. The monoisotopic (exact) mass is 467 g/mol. The van der Waals surface area contributed by atoms with E-state index in [9.17, 15) is 4.79 Å². The van der Waals surface area contributed by atoms with Gasteiger partial charge >= 0.3 is 6.09 Å². The lowest BCUT2D eigenvalue weighted by atomic mass is 9.59. The number of nitrogens with zero attached hydrogens (tertiary/aromatic N) is 1. The molecule has 0 heterocycles. The van der Waals surface area contributed by atoms with Gasteiger partial charge in [-0.3, -0.25) is 4.90 Å². The van der Waals surface area contributed by atoms with Gasteiger partial charge in [-0.25, -0.2) is 4.79 Å². The maximum Gasteiger partial charge on any atom is 0.411 e. The third kappa shape index (κ3) is 4.20. The van der Waals surface area contributed by atoms with Crippen LogP contribution in [0.5, 0.6) is 0 Å². The van der Waals surface area contributed by atoms with Gasteiger partial charge < -0.3 is 4.74 Å². The van der Waals surface area contributed by atoms with Gasteiger partial charge in [0.2, 0.25) is 0 Å². The molecule has 0 aromatic heterocycles. The van der Waals surface area contributed by atoms with Crippen LogP contribution in [0.25, 0.3) is 0 Å². The Hall–Kier alpha value is -2.07. The first kappa shape index (κ1) is 21.2. The average Bonchev–Trinajstić information content (AvgIpc) is 2.73. The molecule has 2 bridgehead atoms. The number of hydrogen-bond donors (Lipinski definition) is 0. The Morgan fingerprint density at radius 3 is 2.13 bits per heavy atom. The fourth-order valence-corrected chi connectivity index (χ4v) is 5.05. The summed E-state index contributed by atoms with van der Waals surface area (Å²) in [6.07, 6.45) is 8.39. The van der Waals surface area contributed by atoms with Crippen molar-refractivity contribution in [2.24, 2.45) is 0 Å². The molecule has 158 valence electrons. The summed E-state index contributed by atoms with van der Waals surface area (Å²) in [6.45, 7) is 6.35. The molecular formula is C26H30BrNO2. The van der Waals surface area contributed by atoms with Crippen molar-refractivity contribution in [2.75, 3.05) is 0 Å². The Kier molecular flexibility index (Phi) is 5.56. The van der Waals surface area contributed by atoms with E-state index in [-0.39, 0.29) is 17.0 Å². The zero-order valence-electron chi connectivity index (χ0n) is 18.0. The first-order chi connectivity index (χ1) is 14.2. The SMILES string of the molecule is CC(C)(C)OC(=O)N(Cc1ccccc1)C12C=CC(c3ccc(Br)cc3)(CC1)CC2. The summed E-state index contributed by atoms with van der Waals surface area (Å²) in [7, 11) is 0. The molecule has 2 aromatic rings. The lowest BCUT2D eigenvalue weighted by molar-refractivity contribution is -0.0113. The second kappa shape index (κ2) is 7.88. The Morgan fingerprint density at radius 1 is 0.967 bits per heavy atom. The molecule has 2 aromatic carbocycles. The van der Waals surface area contributed by atoms with Crippen molar-refractivity contribution in [3.8, 4) is 0 Å². The van der Waals surface area contributed by atoms with Gasteiger partial charge in [-0.15, -0.1) is 0 Å². The molecule has 4 heteroatoms. The Balaban J connectivity index is 1.65. The summed E-state index contributed by atoms with van der Waals surface area (Å²) in [5.41, 5.74) is 1.77. The smallest absolute Gasteiger partial charge is 0.411 e. The van der Waals surface area contributed by atoms with E-state index in [4.69, 9.17) is 4.74 Å². The van der Waals surface area contributed by atoms with Gasteiger partial charge in [0, 0.05) is 16.4 Å². The molecule has 5 rings (SSSR count). The Labute approximate surface area is 188 Å². The molecule has 0 radical (unpaired) electrons. The first-order valence-electron chi connectivity index (χ1n) is 10.7. The predicted molar refractivity (Wildman–Crippen MR) is 124 cm³/mol. The van der Waals surface area contributed by atoms with Gasteiger partial charge in [0.15, 0.2) is 0 Å². The lowest BCUT2D eigenvalue weighted by Gasteiger charge is -2.53. The fraction of sp³-hybridized carbons (Fsp3) is 0.423. The minimum absolute atomic E-state index is 0.0782. The van der Waals surface area contributed by atoms with Crippen molar-refractivity contribution >= 4 is 22.0 Å². The van der Waals surface area contributed by atoms with Crippen LogP contribution in [0, 0.1) is 0 Å². The van der Waals surface area contributed by atoms with Gasteiger partial charge in [0.25, 0.3) is 0 Å². The summed E-state index contributed by atoms with van der Waals surface area (Å²) in [5.74, 6) is 0. The number of halogens is 1. The van der Waals surface area contributed by atoms with Gasteiger partial charge in [-0.05, 0) is 69.7 Å². The molecule has 0 N–H and O–H groups in total. The van der Waals surface area contributed by atoms with Crippen LogP contribution in [-0.2, 0) is 16.7 Å². The minimum atomic E-state index is -0.517. The second-order valence-corrected chi connectivity index (χ2v) is 10.6. The maximum absolute atomic E-state index is 13.3. The summed E-state index contributed by atoms with van der Waals surface area (Å²) in [4.78, 5) is 15.3. The number of carbonyl (C=O) groups is 1. The minimum Gasteiger partial charge on any atom is -0.444 e. The summed E-state index contributed by atoms with van der Waals surface area (Å²) >= 11 is 3.54. The number of ether oxygens (including phenoxy) is 1. The van der Waals surface area contributed by atoms with Gasteiger partial charge in [-0.1, -0.05) is 70.5 Å². The summed E-state index contributed by atoms with van der Waals surface area (Å²) in [6, 6.07) is 18.9. The number of hydrogen-bond acceptors (Lipinski definition) is 2. The van der Waals surface area contributed by atoms with Crippen molar-refractivity contribution in [3.63, 3.8) is 0 Å². The summed E-state index contributed by atoms with van der Waals surface area (Å²) < 4.78 is 6.94. The van der Waals surface area contributed by atoms with E-state index in [1.54, 1.807) is 0 Å². The van der Waals surface area contributed by atoms with Gasteiger partial charge in [0.05, 0.1) is 5.54 Å². The third-order valence-electron chi connectivity index (χ3n) is 6.47. The van der Waals surface area contributed by atoms with Crippen LogP contribution in [0.1, 0.15) is 57.6 Å². The largest absolute Gasteiger partial charge is 0.444 e. The van der Waals surface area contributed by atoms with E-state index in [2.05, 4.69) is 64.5 Å². The predicted octanol–water partition coefficient (Wildman–Crippen LogP) is 7.01. The Morgan fingerprint density at radius 2 is 1.60 bits per heavy atom. The third-order valence-corrected chi connectivity index (χ3v) is 7.00. The van der Waals surface area contributed by atoms with E-state index in [0.717, 1.165) is 35.7 Å². The number of fused-ring (bicyclic) bond motifs is 2. The molecule has 30 heavy (non-hydrogen) atoms. The molecule has 0 spiro atoms. The molecule has 3 nitrogen and oxygen atoms in total. The van der Waals surface area contributed by atoms with E-state index >= 15 is 0 Å². The van der Waals surface area contributed by atoms with E-state index in [1.807, 2.05) is 43.9 Å². The van der Waals surface area contributed by atoms with Crippen molar-refractivity contribution in [1.82, 2.24) is 4.90 Å². The quantitative estimate of drug-likeness (QED) is 0.452. The maximum atomic E-state index is 13.3. The highest BCUT2D eigenvalue weighted by Crippen LogP contribution is 2.52. The van der Waals surface area contributed by atoms with Crippen molar-refractivity contribution in [3.05, 3.63) is 82.3 Å².